The number of anilines is 1. The second-order valence-corrected chi connectivity index (χ2v) is 3.87. The molecule has 1 amide bonds. The van der Waals surface area contributed by atoms with Crippen molar-refractivity contribution in [2.24, 2.45) is 0 Å². The number of rotatable bonds is 0. The molecule has 0 bridgehead atoms. The molecule has 4 heteroatoms. The van der Waals surface area contributed by atoms with Crippen LogP contribution >= 0.6 is 0 Å². The standard InChI is InChI=1S/C10H13N3O/c1-10(2)11-8-6-4-3-5-7(8)9(14)12-13-10/h3-6,11,13H,1-2H3,(H,12,14). The zero-order valence-corrected chi connectivity index (χ0v) is 8.22. The zero-order chi connectivity index (χ0) is 10.2. The Kier molecular flexibility index (Phi) is 1.93. The highest BCUT2D eigenvalue weighted by Crippen LogP contribution is 2.20. The molecular formula is C10H13N3O. The van der Waals surface area contributed by atoms with Gasteiger partial charge in [0, 0.05) is 5.69 Å². The Labute approximate surface area is 82.7 Å². The monoisotopic (exact) mass is 191 g/mol. The van der Waals surface area contributed by atoms with Gasteiger partial charge >= 0.3 is 0 Å². The van der Waals surface area contributed by atoms with Crippen molar-refractivity contribution in [3.63, 3.8) is 0 Å². The van der Waals surface area contributed by atoms with Crippen LogP contribution in [0.25, 0.3) is 0 Å². The number of fused-ring (bicyclic) bond motifs is 1. The van der Waals surface area contributed by atoms with Crippen LogP contribution in [0, 0.1) is 0 Å². The molecule has 0 aromatic heterocycles. The van der Waals surface area contributed by atoms with Gasteiger partial charge < -0.3 is 5.32 Å². The quantitative estimate of drug-likeness (QED) is 0.575. The summed E-state index contributed by atoms with van der Waals surface area (Å²) in [5.41, 5.74) is 6.71. The molecule has 74 valence electrons. The molecule has 4 nitrogen and oxygen atoms in total. The Bertz CT molecular complexity index is 373. The first-order chi connectivity index (χ1) is 6.58. The van der Waals surface area contributed by atoms with Crippen LogP contribution in [-0.2, 0) is 0 Å². The molecule has 0 saturated carbocycles. The number of para-hydroxylation sites is 1. The normalized spacial score (nSPS) is 18.9. The van der Waals surface area contributed by atoms with Crippen LogP contribution in [0.2, 0.25) is 0 Å². The molecule has 3 N–H and O–H groups in total. The Hall–Kier alpha value is -1.55. The van der Waals surface area contributed by atoms with Gasteiger partial charge in [-0.2, -0.15) is 0 Å². The number of hydrogen-bond acceptors (Lipinski definition) is 3. The highest BCUT2D eigenvalue weighted by atomic mass is 16.2. The summed E-state index contributed by atoms with van der Waals surface area (Å²) in [6.07, 6.45) is 0. The van der Waals surface area contributed by atoms with Gasteiger partial charge in [0.15, 0.2) is 0 Å². The van der Waals surface area contributed by atoms with Crippen LogP contribution in [-0.4, -0.2) is 11.6 Å². The van der Waals surface area contributed by atoms with E-state index in [-0.39, 0.29) is 11.6 Å². The van der Waals surface area contributed by atoms with Crippen LogP contribution in [0.5, 0.6) is 0 Å². The number of nitrogens with one attached hydrogen (secondary N) is 3. The molecule has 1 aromatic carbocycles. The molecule has 0 spiro atoms. The summed E-state index contributed by atoms with van der Waals surface area (Å²) in [6, 6.07) is 7.43. The van der Waals surface area contributed by atoms with E-state index in [0.29, 0.717) is 5.56 Å². The number of benzene rings is 1. The summed E-state index contributed by atoms with van der Waals surface area (Å²) in [7, 11) is 0. The molecule has 1 heterocycles. The van der Waals surface area contributed by atoms with Crippen LogP contribution in [0.4, 0.5) is 5.69 Å². The van der Waals surface area contributed by atoms with Gasteiger partial charge in [-0.25, -0.2) is 5.43 Å². The van der Waals surface area contributed by atoms with E-state index >= 15 is 0 Å². The molecule has 0 radical (unpaired) electrons. The minimum absolute atomic E-state index is 0.112. The first-order valence-corrected chi connectivity index (χ1v) is 4.53. The average molecular weight is 191 g/mol. The fourth-order valence-corrected chi connectivity index (χ4v) is 1.44. The van der Waals surface area contributed by atoms with Crippen molar-refractivity contribution in [1.82, 2.24) is 10.9 Å². The molecule has 2 rings (SSSR count). The van der Waals surface area contributed by atoms with E-state index in [1.54, 1.807) is 6.07 Å². The summed E-state index contributed by atoms with van der Waals surface area (Å²) >= 11 is 0. The Morgan fingerprint density at radius 3 is 2.71 bits per heavy atom. The Balaban J connectivity index is 2.46. The smallest absolute Gasteiger partial charge is 0.267 e. The molecule has 0 aliphatic carbocycles. The van der Waals surface area contributed by atoms with Crippen molar-refractivity contribution < 1.29 is 4.79 Å². The third-order valence-electron chi connectivity index (χ3n) is 2.11. The molecule has 1 aliphatic heterocycles. The lowest BCUT2D eigenvalue weighted by molar-refractivity contribution is 0.0923. The first kappa shape index (κ1) is 9.02. The molecule has 1 aromatic rings. The largest absolute Gasteiger partial charge is 0.366 e. The molecule has 14 heavy (non-hydrogen) atoms. The van der Waals surface area contributed by atoms with Gasteiger partial charge in [-0.15, -0.1) is 0 Å². The number of carbonyl (C=O) groups excluding carboxylic acids is 1. The summed E-state index contributed by atoms with van der Waals surface area (Å²) in [5, 5.41) is 3.23. The van der Waals surface area contributed by atoms with Gasteiger partial charge in [0.2, 0.25) is 0 Å². The Morgan fingerprint density at radius 2 is 1.93 bits per heavy atom. The van der Waals surface area contributed by atoms with E-state index < -0.39 is 0 Å². The number of carbonyl (C=O) groups is 1. The van der Waals surface area contributed by atoms with Gasteiger partial charge in [-0.3, -0.25) is 10.2 Å². The highest BCUT2D eigenvalue weighted by Gasteiger charge is 2.24. The second kappa shape index (κ2) is 2.99. The zero-order valence-electron chi connectivity index (χ0n) is 8.22. The third kappa shape index (κ3) is 1.56. The predicted molar refractivity (Wildman–Crippen MR) is 54.7 cm³/mol. The number of amides is 1. The van der Waals surface area contributed by atoms with Crippen molar-refractivity contribution in [3.8, 4) is 0 Å². The minimum atomic E-state index is -0.345. The maximum atomic E-state index is 11.6. The molecule has 0 atom stereocenters. The first-order valence-electron chi connectivity index (χ1n) is 4.53. The van der Waals surface area contributed by atoms with Gasteiger partial charge in [-0.05, 0) is 26.0 Å². The van der Waals surface area contributed by atoms with Gasteiger partial charge in [0.05, 0.1) is 11.2 Å². The maximum absolute atomic E-state index is 11.6. The van der Waals surface area contributed by atoms with E-state index in [4.69, 9.17) is 0 Å². The van der Waals surface area contributed by atoms with Gasteiger partial charge in [0.25, 0.3) is 5.91 Å². The second-order valence-electron chi connectivity index (χ2n) is 3.87. The van der Waals surface area contributed by atoms with Gasteiger partial charge in [-0.1, -0.05) is 12.1 Å². The third-order valence-corrected chi connectivity index (χ3v) is 2.11. The van der Waals surface area contributed by atoms with E-state index in [1.807, 2.05) is 32.0 Å². The fourth-order valence-electron chi connectivity index (χ4n) is 1.44. The van der Waals surface area contributed by atoms with E-state index in [0.717, 1.165) is 5.69 Å². The fraction of sp³-hybridized carbons (Fsp3) is 0.300. The summed E-state index contributed by atoms with van der Waals surface area (Å²) in [6.45, 7) is 3.91. The molecule has 0 saturated heterocycles. The Morgan fingerprint density at radius 1 is 1.21 bits per heavy atom. The number of hydrogen-bond donors (Lipinski definition) is 3. The summed E-state index contributed by atoms with van der Waals surface area (Å²) < 4.78 is 0. The van der Waals surface area contributed by atoms with Crippen LogP contribution in [0.15, 0.2) is 24.3 Å². The predicted octanol–water partition coefficient (Wildman–Crippen LogP) is 1.08. The van der Waals surface area contributed by atoms with Gasteiger partial charge in [0.1, 0.15) is 0 Å². The van der Waals surface area contributed by atoms with Crippen molar-refractivity contribution in [2.45, 2.75) is 19.5 Å². The maximum Gasteiger partial charge on any atom is 0.267 e. The highest BCUT2D eigenvalue weighted by molar-refractivity contribution is 6.00. The molecule has 0 unspecified atom stereocenters. The average Bonchev–Trinajstić information content (AvgIpc) is 2.25. The minimum Gasteiger partial charge on any atom is -0.366 e. The van der Waals surface area contributed by atoms with Crippen molar-refractivity contribution in [1.29, 1.82) is 0 Å². The molecule has 1 aliphatic rings. The van der Waals surface area contributed by atoms with Crippen molar-refractivity contribution in [2.75, 3.05) is 5.32 Å². The van der Waals surface area contributed by atoms with E-state index in [9.17, 15) is 4.79 Å². The van der Waals surface area contributed by atoms with Crippen molar-refractivity contribution >= 4 is 11.6 Å². The molecular weight excluding hydrogens is 178 g/mol. The topological polar surface area (TPSA) is 53.2 Å². The SMILES string of the molecule is CC1(C)NNC(=O)c2ccccc2N1. The van der Waals surface area contributed by atoms with E-state index in [1.165, 1.54) is 0 Å². The summed E-state index contributed by atoms with van der Waals surface area (Å²) in [4.78, 5) is 11.6. The van der Waals surface area contributed by atoms with Crippen LogP contribution in [0.3, 0.4) is 0 Å². The summed E-state index contributed by atoms with van der Waals surface area (Å²) in [5.74, 6) is -0.112. The van der Waals surface area contributed by atoms with E-state index in [2.05, 4.69) is 16.2 Å². The molecule has 0 fully saturated rings. The lowest BCUT2D eigenvalue weighted by Crippen LogP contribution is -2.52. The van der Waals surface area contributed by atoms with Crippen molar-refractivity contribution in [3.05, 3.63) is 29.8 Å². The number of hydrazine groups is 1. The lowest BCUT2D eigenvalue weighted by atomic mass is 10.1. The lowest BCUT2D eigenvalue weighted by Gasteiger charge is -2.25. The van der Waals surface area contributed by atoms with Crippen LogP contribution < -0.4 is 16.2 Å². The van der Waals surface area contributed by atoms with Crippen LogP contribution in [0.1, 0.15) is 24.2 Å².